The van der Waals surface area contributed by atoms with E-state index in [2.05, 4.69) is 4.74 Å². The molecule has 0 N–H and O–H groups in total. The lowest BCUT2D eigenvalue weighted by Gasteiger charge is -2.11. The van der Waals surface area contributed by atoms with Crippen molar-refractivity contribution in [3.8, 4) is 0 Å². The minimum atomic E-state index is -0.491. The summed E-state index contributed by atoms with van der Waals surface area (Å²) < 4.78 is 9.87. The van der Waals surface area contributed by atoms with Gasteiger partial charge in [-0.05, 0) is 26.3 Å². The molecule has 0 aliphatic rings. The van der Waals surface area contributed by atoms with Crippen molar-refractivity contribution in [2.24, 2.45) is 0 Å². The molecule has 0 spiro atoms. The number of nitrogens with zero attached hydrogens (tertiary/aromatic N) is 1. The van der Waals surface area contributed by atoms with E-state index in [1.54, 1.807) is 4.90 Å². The van der Waals surface area contributed by atoms with Crippen LogP contribution in [0, 0.1) is 0 Å². The lowest BCUT2D eigenvalue weighted by atomic mass is 10.9. The number of halogens is 1. The molecule has 0 saturated carbocycles. The Labute approximate surface area is 97.9 Å². The fraction of sp³-hybridized carbons (Fsp3) is 0.714. The van der Waals surface area contributed by atoms with Gasteiger partial charge in [0.1, 0.15) is 13.3 Å². The van der Waals surface area contributed by atoms with Gasteiger partial charge in [-0.25, -0.2) is 4.79 Å². The summed E-state index contributed by atoms with van der Waals surface area (Å²) in [4.78, 5) is 12.7. The van der Waals surface area contributed by atoms with Gasteiger partial charge in [-0.2, -0.15) is 0 Å². The Morgan fingerprint density at radius 2 is 2.14 bits per heavy atom. The maximum absolute atomic E-state index is 11.0. The minimum absolute atomic E-state index is 0.151. The van der Waals surface area contributed by atoms with E-state index in [1.165, 1.54) is 0 Å². The highest BCUT2D eigenvalue weighted by atomic mass is 35.5. The molecule has 0 amide bonds. The Bertz CT molecular complexity index is 201. The van der Waals surface area contributed by atoms with Crippen LogP contribution in [-0.4, -0.2) is 47.9 Å². The zero-order valence-electron chi connectivity index (χ0n) is 7.99. The summed E-state index contributed by atoms with van der Waals surface area (Å²) in [5.74, 6) is 0.275. The molecule has 0 unspecified atom stereocenters. The SMILES string of the molecule is CN(C)COC(=S)SC(=O)OCCCl. The third-order valence-corrected chi connectivity index (χ3v) is 2.00. The average Bonchev–Trinajstić information content (AvgIpc) is 2.11. The maximum atomic E-state index is 11.0. The molecule has 0 aromatic rings. The highest BCUT2D eigenvalue weighted by Gasteiger charge is 2.09. The quantitative estimate of drug-likeness (QED) is 0.332. The van der Waals surface area contributed by atoms with Crippen LogP contribution in [0.15, 0.2) is 0 Å². The smallest absolute Gasteiger partial charge is 0.376 e. The summed E-state index contributed by atoms with van der Waals surface area (Å²) in [6.45, 7) is 0.526. The van der Waals surface area contributed by atoms with Crippen LogP contribution in [0.2, 0.25) is 0 Å². The van der Waals surface area contributed by atoms with E-state index in [-0.39, 0.29) is 16.9 Å². The van der Waals surface area contributed by atoms with Crippen molar-refractivity contribution in [1.29, 1.82) is 0 Å². The molecular formula is C7H12ClNO3S2. The number of thiocarbonyl (C=S) groups is 1. The van der Waals surface area contributed by atoms with Crippen LogP contribution in [0.1, 0.15) is 0 Å². The molecule has 0 aliphatic carbocycles. The molecule has 4 nitrogen and oxygen atoms in total. The second-order valence-electron chi connectivity index (χ2n) is 2.49. The molecule has 0 aromatic carbocycles. The van der Waals surface area contributed by atoms with Crippen molar-refractivity contribution < 1.29 is 14.3 Å². The predicted molar refractivity (Wildman–Crippen MR) is 61.9 cm³/mol. The molecule has 14 heavy (non-hydrogen) atoms. The topological polar surface area (TPSA) is 38.8 Å². The highest BCUT2D eigenvalue weighted by Crippen LogP contribution is 2.09. The van der Waals surface area contributed by atoms with Crippen LogP contribution in [0.4, 0.5) is 4.79 Å². The van der Waals surface area contributed by atoms with E-state index >= 15 is 0 Å². The van der Waals surface area contributed by atoms with Crippen LogP contribution in [-0.2, 0) is 9.47 Å². The third-order valence-electron chi connectivity index (χ3n) is 0.904. The highest BCUT2D eigenvalue weighted by molar-refractivity contribution is 8.32. The first-order chi connectivity index (χ1) is 6.56. The van der Waals surface area contributed by atoms with Crippen LogP contribution < -0.4 is 0 Å². The van der Waals surface area contributed by atoms with Crippen molar-refractivity contribution in [1.82, 2.24) is 4.90 Å². The van der Waals surface area contributed by atoms with Gasteiger partial charge in [0.25, 0.3) is 0 Å². The molecule has 0 fully saturated rings. The van der Waals surface area contributed by atoms with E-state index in [4.69, 9.17) is 28.6 Å². The standard InChI is InChI=1S/C7H12ClNO3S2/c1-9(2)5-12-7(13)14-6(10)11-4-3-8/h3-5H2,1-2H3. The fourth-order valence-corrected chi connectivity index (χ4v) is 1.15. The van der Waals surface area contributed by atoms with E-state index in [1.807, 2.05) is 14.1 Å². The van der Waals surface area contributed by atoms with Crippen LogP contribution in [0.5, 0.6) is 0 Å². The molecule has 0 heterocycles. The number of hydrogen-bond acceptors (Lipinski definition) is 6. The number of carbonyl (C=O) groups excluding carboxylic acids is 1. The summed E-state index contributed by atoms with van der Waals surface area (Å²) in [6, 6.07) is 0. The van der Waals surface area contributed by atoms with E-state index in [0.717, 1.165) is 11.8 Å². The Morgan fingerprint density at radius 1 is 1.50 bits per heavy atom. The average molecular weight is 258 g/mol. The van der Waals surface area contributed by atoms with E-state index in [0.29, 0.717) is 6.73 Å². The van der Waals surface area contributed by atoms with Gasteiger partial charge in [0.05, 0.1) is 5.88 Å². The van der Waals surface area contributed by atoms with Gasteiger partial charge in [-0.15, -0.1) is 11.6 Å². The molecule has 82 valence electrons. The van der Waals surface area contributed by atoms with Crippen LogP contribution in [0.3, 0.4) is 0 Å². The van der Waals surface area contributed by atoms with Crippen molar-refractivity contribution >= 4 is 45.3 Å². The molecule has 0 bridgehead atoms. The molecule has 0 rings (SSSR count). The van der Waals surface area contributed by atoms with E-state index in [9.17, 15) is 4.79 Å². The zero-order valence-corrected chi connectivity index (χ0v) is 10.4. The summed E-state index contributed by atoms with van der Waals surface area (Å²) in [7, 11) is 3.66. The molecule has 0 atom stereocenters. The first-order valence-corrected chi connectivity index (χ1v) is 5.54. The van der Waals surface area contributed by atoms with Gasteiger partial charge in [0, 0.05) is 11.8 Å². The summed E-state index contributed by atoms with van der Waals surface area (Å²) in [5, 5.41) is -0.491. The number of carbonyl (C=O) groups is 1. The van der Waals surface area contributed by atoms with Gasteiger partial charge in [-0.3, -0.25) is 4.90 Å². The third kappa shape index (κ3) is 8.55. The van der Waals surface area contributed by atoms with Gasteiger partial charge in [0.15, 0.2) is 0 Å². The molecule has 0 aliphatic heterocycles. The Kier molecular flexibility index (Phi) is 8.26. The fourth-order valence-electron chi connectivity index (χ4n) is 0.431. The van der Waals surface area contributed by atoms with Gasteiger partial charge >= 0.3 is 5.30 Å². The number of thioether (sulfide) groups is 1. The number of rotatable bonds is 4. The van der Waals surface area contributed by atoms with Crippen LogP contribution in [0.25, 0.3) is 0 Å². The number of alkyl halides is 1. The zero-order chi connectivity index (χ0) is 11.0. The number of hydrogen-bond donors (Lipinski definition) is 0. The number of ether oxygens (including phenoxy) is 2. The molecular weight excluding hydrogens is 246 g/mol. The predicted octanol–water partition coefficient (Wildman–Crippen LogP) is 1.92. The maximum Gasteiger partial charge on any atom is 0.376 e. The van der Waals surface area contributed by atoms with Crippen LogP contribution >= 0.6 is 35.6 Å². The van der Waals surface area contributed by atoms with Crippen molar-refractivity contribution in [2.45, 2.75) is 0 Å². The lowest BCUT2D eigenvalue weighted by molar-refractivity contribution is 0.175. The largest absolute Gasteiger partial charge is 0.462 e. The summed E-state index contributed by atoms with van der Waals surface area (Å²) in [5.41, 5.74) is 0. The molecule has 7 heteroatoms. The molecule has 0 saturated heterocycles. The minimum Gasteiger partial charge on any atom is -0.462 e. The van der Waals surface area contributed by atoms with Gasteiger partial charge in [0.2, 0.25) is 4.38 Å². The second-order valence-corrected chi connectivity index (χ2v) is 4.41. The van der Waals surface area contributed by atoms with E-state index < -0.39 is 5.30 Å². The van der Waals surface area contributed by atoms with Crippen molar-refractivity contribution in [3.05, 3.63) is 0 Å². The first-order valence-electron chi connectivity index (χ1n) is 3.78. The summed E-state index contributed by atoms with van der Waals surface area (Å²) in [6.07, 6.45) is 0. The molecule has 0 radical (unpaired) electrons. The van der Waals surface area contributed by atoms with Gasteiger partial charge < -0.3 is 9.47 Å². The van der Waals surface area contributed by atoms with Crippen molar-refractivity contribution in [2.75, 3.05) is 33.3 Å². The monoisotopic (exact) mass is 257 g/mol. The normalized spacial score (nSPS) is 10.0. The Hall–Kier alpha value is -0.0400. The Balaban J connectivity index is 3.55. The second kappa shape index (κ2) is 8.28. The lowest BCUT2D eigenvalue weighted by Crippen LogP contribution is -2.18. The summed E-state index contributed by atoms with van der Waals surface area (Å²) >= 11 is 10.9. The van der Waals surface area contributed by atoms with Crippen molar-refractivity contribution in [3.63, 3.8) is 0 Å². The van der Waals surface area contributed by atoms with Gasteiger partial charge in [-0.1, -0.05) is 0 Å². The Morgan fingerprint density at radius 3 is 2.64 bits per heavy atom. The first kappa shape index (κ1) is 14.0. The molecule has 0 aromatic heterocycles.